The minimum Gasteiger partial charge on any atom is -0.497 e. The Morgan fingerprint density at radius 2 is 1.76 bits per heavy atom. The fourth-order valence-corrected chi connectivity index (χ4v) is 4.75. The molecule has 0 saturated carbocycles. The summed E-state index contributed by atoms with van der Waals surface area (Å²) in [6.45, 7) is 2.41. The van der Waals surface area contributed by atoms with E-state index in [1.807, 2.05) is 12.1 Å². The Kier molecular flexibility index (Phi) is 7.70. The highest BCUT2D eigenvalue weighted by Crippen LogP contribution is 2.39. The van der Waals surface area contributed by atoms with Gasteiger partial charge in [0, 0.05) is 7.11 Å². The van der Waals surface area contributed by atoms with Crippen LogP contribution in [0.5, 0.6) is 5.75 Å². The molecule has 0 bridgehead atoms. The Hall–Kier alpha value is -1.88. The molecule has 2 atom stereocenters. The number of benzene rings is 2. The lowest BCUT2D eigenvalue weighted by Crippen LogP contribution is -2.26. The number of hydrogen-bond acceptors (Lipinski definition) is 4. The van der Waals surface area contributed by atoms with E-state index in [4.69, 9.17) is 14.6 Å². The van der Waals surface area contributed by atoms with Gasteiger partial charge in [0.2, 0.25) is 0 Å². The van der Waals surface area contributed by atoms with Crippen molar-refractivity contribution in [3.63, 3.8) is 0 Å². The van der Waals surface area contributed by atoms with Crippen LogP contribution in [0.3, 0.4) is 0 Å². The largest absolute Gasteiger partial charge is 0.497 e. The molecule has 0 amide bonds. The summed E-state index contributed by atoms with van der Waals surface area (Å²) in [5, 5.41) is 16.6. The molecule has 2 aromatic rings. The van der Waals surface area contributed by atoms with E-state index in [1.165, 1.54) is 40.7 Å². The summed E-state index contributed by atoms with van der Waals surface area (Å²) in [5.41, 5.74) is 8.62. The van der Waals surface area contributed by atoms with E-state index < -0.39 is 0 Å². The van der Waals surface area contributed by atoms with Crippen LogP contribution in [0.1, 0.15) is 65.2 Å². The Balaban J connectivity index is 0.00000117. The number of fused-ring (bicyclic) bond motifs is 1. The van der Waals surface area contributed by atoms with Crippen molar-refractivity contribution in [2.45, 2.75) is 64.1 Å². The molecule has 2 unspecified atom stereocenters. The number of methoxy groups -OCH3 is 1. The van der Waals surface area contributed by atoms with Crippen LogP contribution in [0.4, 0.5) is 0 Å². The van der Waals surface area contributed by atoms with Gasteiger partial charge in [-0.3, -0.25) is 0 Å². The van der Waals surface area contributed by atoms with E-state index in [0.717, 1.165) is 45.0 Å². The summed E-state index contributed by atoms with van der Waals surface area (Å²) < 4.78 is 11.5. The highest BCUT2D eigenvalue weighted by Gasteiger charge is 2.29. The second-order valence-corrected chi connectivity index (χ2v) is 7.95. The topological polar surface area (TPSA) is 58.9 Å². The second-order valence-electron chi connectivity index (χ2n) is 7.95. The molecule has 1 fully saturated rings. The molecule has 1 aliphatic carbocycles. The molecule has 4 rings (SSSR count). The van der Waals surface area contributed by atoms with Crippen molar-refractivity contribution in [2.75, 3.05) is 20.8 Å². The van der Waals surface area contributed by atoms with Crippen LogP contribution < -0.4 is 4.74 Å². The normalized spacial score (nSPS) is 20.6. The van der Waals surface area contributed by atoms with Crippen molar-refractivity contribution < 1.29 is 19.7 Å². The van der Waals surface area contributed by atoms with Crippen LogP contribution in [-0.4, -0.2) is 37.1 Å². The van der Waals surface area contributed by atoms with Gasteiger partial charge < -0.3 is 19.7 Å². The average Bonchev–Trinajstić information content (AvgIpc) is 3.28. The van der Waals surface area contributed by atoms with Gasteiger partial charge in [-0.15, -0.1) is 0 Å². The third-order valence-corrected chi connectivity index (χ3v) is 6.28. The van der Waals surface area contributed by atoms with Crippen LogP contribution in [0.25, 0.3) is 0 Å². The van der Waals surface area contributed by atoms with Gasteiger partial charge in [0.05, 0.1) is 25.9 Å². The van der Waals surface area contributed by atoms with Crippen molar-refractivity contribution in [3.05, 3.63) is 63.7 Å². The lowest BCUT2D eigenvalue weighted by Gasteiger charge is -2.31. The first kappa shape index (κ1) is 21.8. The van der Waals surface area contributed by atoms with E-state index >= 15 is 0 Å². The molecule has 0 aromatic heterocycles. The number of ether oxygens (including phenoxy) is 2. The van der Waals surface area contributed by atoms with Crippen molar-refractivity contribution in [3.8, 4) is 5.75 Å². The number of aliphatic hydroxyl groups excluding tert-OH is 2. The molecule has 1 aliphatic heterocycles. The zero-order chi connectivity index (χ0) is 20.8. The Bertz CT molecular complexity index is 797. The van der Waals surface area contributed by atoms with Gasteiger partial charge in [-0.1, -0.05) is 18.2 Å². The standard InChI is InChI=1S/C24H30O3.CH4O/c1-16-18(13-17-9-11-19(26-2)12-10-17)14-23(22-7-4-6-21(16)22)24-8-3-5-20(15-25)27-24;1-2/h9-12,14,20,24-25H,3-8,13,15H2,1-2H3;2H,1H3. The van der Waals surface area contributed by atoms with Crippen LogP contribution in [0, 0.1) is 6.92 Å². The molecule has 1 saturated heterocycles. The lowest BCUT2D eigenvalue weighted by atomic mass is 9.87. The molecule has 2 aliphatic rings. The van der Waals surface area contributed by atoms with Gasteiger partial charge in [-0.25, -0.2) is 0 Å². The van der Waals surface area contributed by atoms with Crippen LogP contribution in [0.15, 0.2) is 30.3 Å². The molecule has 0 spiro atoms. The smallest absolute Gasteiger partial charge is 0.118 e. The van der Waals surface area contributed by atoms with E-state index in [1.54, 1.807) is 12.7 Å². The number of rotatable bonds is 5. The van der Waals surface area contributed by atoms with Crippen LogP contribution in [-0.2, 0) is 24.0 Å². The van der Waals surface area contributed by atoms with Gasteiger partial charge >= 0.3 is 0 Å². The first-order chi connectivity index (χ1) is 14.2. The molecule has 0 radical (unpaired) electrons. The van der Waals surface area contributed by atoms with Crippen molar-refractivity contribution in [2.24, 2.45) is 0 Å². The van der Waals surface area contributed by atoms with E-state index in [0.29, 0.717) is 0 Å². The Morgan fingerprint density at radius 3 is 2.45 bits per heavy atom. The first-order valence-corrected chi connectivity index (χ1v) is 10.7. The molecule has 4 heteroatoms. The molecule has 29 heavy (non-hydrogen) atoms. The van der Waals surface area contributed by atoms with E-state index in [2.05, 4.69) is 25.1 Å². The highest BCUT2D eigenvalue weighted by atomic mass is 16.5. The maximum absolute atomic E-state index is 9.55. The number of hydrogen-bond donors (Lipinski definition) is 2. The fraction of sp³-hybridized carbons (Fsp3) is 0.520. The van der Waals surface area contributed by atoms with Gasteiger partial charge in [-0.05, 0) is 97.4 Å². The van der Waals surface area contributed by atoms with Crippen molar-refractivity contribution in [1.82, 2.24) is 0 Å². The summed E-state index contributed by atoms with van der Waals surface area (Å²) in [4.78, 5) is 0. The van der Waals surface area contributed by atoms with E-state index in [9.17, 15) is 5.11 Å². The quantitative estimate of drug-likeness (QED) is 0.789. The molecular weight excluding hydrogens is 364 g/mol. The molecule has 4 nitrogen and oxygen atoms in total. The third-order valence-electron chi connectivity index (χ3n) is 6.28. The fourth-order valence-electron chi connectivity index (χ4n) is 4.75. The van der Waals surface area contributed by atoms with Gasteiger partial charge in [0.15, 0.2) is 0 Å². The summed E-state index contributed by atoms with van der Waals surface area (Å²) in [6, 6.07) is 10.8. The van der Waals surface area contributed by atoms with Crippen molar-refractivity contribution >= 4 is 0 Å². The zero-order valence-electron chi connectivity index (χ0n) is 17.9. The van der Waals surface area contributed by atoms with Crippen LogP contribution >= 0.6 is 0 Å². The minimum atomic E-state index is -0.00727. The van der Waals surface area contributed by atoms with E-state index in [-0.39, 0.29) is 18.8 Å². The Morgan fingerprint density at radius 1 is 1.03 bits per heavy atom. The average molecular weight is 399 g/mol. The number of aliphatic hydroxyl groups is 2. The predicted molar refractivity (Wildman–Crippen MR) is 116 cm³/mol. The third kappa shape index (κ3) is 4.82. The summed E-state index contributed by atoms with van der Waals surface area (Å²) in [5.74, 6) is 0.899. The highest BCUT2D eigenvalue weighted by molar-refractivity contribution is 5.50. The van der Waals surface area contributed by atoms with Gasteiger partial charge in [0.25, 0.3) is 0 Å². The summed E-state index contributed by atoms with van der Waals surface area (Å²) in [7, 11) is 2.70. The molecule has 158 valence electrons. The SMILES string of the molecule is CO.COc1ccc(Cc2cc(C3CCCC(CO)O3)c3c(c2C)CCC3)cc1. The predicted octanol–water partition coefficient (Wildman–Crippen LogP) is 4.29. The maximum Gasteiger partial charge on any atom is 0.118 e. The van der Waals surface area contributed by atoms with Crippen LogP contribution in [0.2, 0.25) is 0 Å². The van der Waals surface area contributed by atoms with Gasteiger partial charge in [0.1, 0.15) is 5.75 Å². The minimum absolute atomic E-state index is 0.00727. The van der Waals surface area contributed by atoms with Crippen molar-refractivity contribution in [1.29, 1.82) is 0 Å². The maximum atomic E-state index is 9.55. The van der Waals surface area contributed by atoms with Gasteiger partial charge in [-0.2, -0.15) is 0 Å². The zero-order valence-corrected chi connectivity index (χ0v) is 17.9. The Labute approximate surface area is 174 Å². The summed E-state index contributed by atoms with van der Waals surface area (Å²) >= 11 is 0. The molecular formula is C25H34O4. The molecule has 2 aromatic carbocycles. The lowest BCUT2D eigenvalue weighted by molar-refractivity contribution is -0.0740. The molecule has 1 heterocycles. The first-order valence-electron chi connectivity index (χ1n) is 10.7. The summed E-state index contributed by atoms with van der Waals surface area (Å²) in [6.07, 6.45) is 7.82. The monoisotopic (exact) mass is 398 g/mol. The second kappa shape index (κ2) is 10.2. The molecule has 2 N–H and O–H groups in total.